The van der Waals surface area contributed by atoms with E-state index in [4.69, 9.17) is 14.5 Å². The first kappa shape index (κ1) is 21.5. The van der Waals surface area contributed by atoms with E-state index in [0.29, 0.717) is 0 Å². The van der Waals surface area contributed by atoms with Gasteiger partial charge in [-0.05, 0) is 51.1 Å². The second kappa shape index (κ2) is 10.4. The molecule has 0 aromatic heterocycles. The number of hydrogen-bond donors (Lipinski definition) is 1. The van der Waals surface area contributed by atoms with Crippen LogP contribution in [0.1, 0.15) is 26.3 Å². The van der Waals surface area contributed by atoms with E-state index < -0.39 is 0 Å². The standard InChI is InChI=1S/C19H33N3O2S/c1-8-20-18(21-14-19(2,3)25-7)22(4)12-11-15-9-10-16(23-5)17(13-15)24-6/h9-10,13H,8,11-12,14H2,1-7H3,(H,20,21). The number of nitrogens with one attached hydrogen (secondary N) is 1. The van der Waals surface area contributed by atoms with Crippen molar-refractivity contribution >= 4 is 17.7 Å². The minimum absolute atomic E-state index is 0.144. The molecule has 1 rings (SSSR count). The van der Waals surface area contributed by atoms with Crippen molar-refractivity contribution in [3.05, 3.63) is 23.8 Å². The second-order valence-electron chi connectivity index (χ2n) is 6.49. The lowest BCUT2D eigenvalue weighted by Crippen LogP contribution is -2.40. The maximum absolute atomic E-state index is 5.38. The molecule has 0 aliphatic carbocycles. The van der Waals surface area contributed by atoms with Crippen molar-refractivity contribution in [3.8, 4) is 11.5 Å². The Labute approximate surface area is 157 Å². The first-order valence-corrected chi connectivity index (χ1v) is 9.84. The van der Waals surface area contributed by atoms with E-state index in [1.54, 1.807) is 14.2 Å². The van der Waals surface area contributed by atoms with Gasteiger partial charge < -0.3 is 19.7 Å². The van der Waals surface area contributed by atoms with Gasteiger partial charge >= 0.3 is 0 Å². The SMILES string of the molecule is CCNC(=NCC(C)(C)SC)N(C)CCc1ccc(OC)c(OC)c1. The normalized spacial score (nSPS) is 12.0. The molecule has 0 saturated heterocycles. The molecule has 0 spiro atoms. The summed E-state index contributed by atoms with van der Waals surface area (Å²) in [6.07, 6.45) is 3.04. The zero-order valence-corrected chi connectivity index (χ0v) is 17.5. The summed E-state index contributed by atoms with van der Waals surface area (Å²) in [7, 11) is 5.39. The Morgan fingerprint density at radius 2 is 1.92 bits per heavy atom. The Morgan fingerprint density at radius 1 is 1.24 bits per heavy atom. The molecule has 0 aliphatic rings. The van der Waals surface area contributed by atoms with Gasteiger partial charge in [0, 0.05) is 24.9 Å². The molecule has 5 nitrogen and oxygen atoms in total. The lowest BCUT2D eigenvalue weighted by atomic mass is 10.1. The minimum Gasteiger partial charge on any atom is -0.493 e. The predicted molar refractivity (Wildman–Crippen MR) is 109 cm³/mol. The summed E-state index contributed by atoms with van der Waals surface area (Å²) in [5, 5.41) is 3.38. The van der Waals surface area contributed by atoms with E-state index in [1.807, 2.05) is 23.9 Å². The Kier molecular flexibility index (Phi) is 8.97. The summed E-state index contributed by atoms with van der Waals surface area (Å²) in [5.74, 6) is 2.48. The zero-order valence-electron chi connectivity index (χ0n) is 16.7. The molecular formula is C19H33N3O2S. The van der Waals surface area contributed by atoms with E-state index in [0.717, 1.165) is 43.5 Å². The fraction of sp³-hybridized carbons (Fsp3) is 0.632. The third kappa shape index (κ3) is 7.06. The molecule has 0 unspecified atom stereocenters. The highest BCUT2D eigenvalue weighted by molar-refractivity contribution is 7.99. The van der Waals surface area contributed by atoms with Crippen LogP contribution in [0.25, 0.3) is 0 Å². The van der Waals surface area contributed by atoms with Crippen LogP contribution in [0.5, 0.6) is 11.5 Å². The molecular weight excluding hydrogens is 334 g/mol. The molecule has 1 N–H and O–H groups in total. The molecule has 1 aromatic carbocycles. The van der Waals surface area contributed by atoms with Gasteiger partial charge in [-0.2, -0.15) is 11.8 Å². The Morgan fingerprint density at radius 3 is 2.48 bits per heavy atom. The first-order chi connectivity index (χ1) is 11.9. The van der Waals surface area contributed by atoms with Crippen LogP contribution in [0.3, 0.4) is 0 Å². The summed E-state index contributed by atoms with van der Waals surface area (Å²) in [5.41, 5.74) is 1.21. The van der Waals surface area contributed by atoms with Gasteiger partial charge in [-0.1, -0.05) is 6.07 Å². The highest BCUT2D eigenvalue weighted by Gasteiger charge is 2.16. The summed E-state index contributed by atoms with van der Waals surface area (Å²) in [6.45, 7) is 9.05. The highest BCUT2D eigenvalue weighted by Crippen LogP contribution is 2.27. The van der Waals surface area contributed by atoms with Gasteiger partial charge in [0.1, 0.15) is 0 Å². The molecule has 0 radical (unpaired) electrons. The van der Waals surface area contributed by atoms with E-state index in [-0.39, 0.29) is 4.75 Å². The van der Waals surface area contributed by atoms with E-state index in [1.165, 1.54) is 5.56 Å². The van der Waals surface area contributed by atoms with E-state index in [2.05, 4.69) is 50.4 Å². The number of hydrogen-bond acceptors (Lipinski definition) is 4. The Balaban J connectivity index is 2.74. The topological polar surface area (TPSA) is 46.1 Å². The van der Waals surface area contributed by atoms with E-state index in [9.17, 15) is 0 Å². The van der Waals surface area contributed by atoms with E-state index >= 15 is 0 Å². The van der Waals surface area contributed by atoms with Crippen LogP contribution in [0, 0.1) is 0 Å². The molecule has 0 saturated carbocycles. The number of aliphatic imine (C=N–C) groups is 1. The molecule has 6 heteroatoms. The Bertz CT molecular complexity index is 562. The highest BCUT2D eigenvalue weighted by atomic mass is 32.2. The van der Waals surface area contributed by atoms with Gasteiger partial charge in [0.15, 0.2) is 17.5 Å². The number of ether oxygens (including phenoxy) is 2. The molecule has 25 heavy (non-hydrogen) atoms. The van der Waals surface area contributed by atoms with Gasteiger partial charge in [-0.3, -0.25) is 4.99 Å². The summed E-state index contributed by atoms with van der Waals surface area (Å²) >= 11 is 1.84. The van der Waals surface area contributed by atoms with Crippen molar-refractivity contribution < 1.29 is 9.47 Å². The van der Waals surface area contributed by atoms with Crippen LogP contribution in [-0.2, 0) is 6.42 Å². The molecule has 142 valence electrons. The fourth-order valence-electron chi connectivity index (χ4n) is 2.24. The smallest absolute Gasteiger partial charge is 0.193 e. The van der Waals surface area contributed by atoms with Crippen molar-refractivity contribution in [1.29, 1.82) is 0 Å². The molecule has 1 aromatic rings. The number of benzene rings is 1. The average Bonchev–Trinajstić information content (AvgIpc) is 2.62. The maximum Gasteiger partial charge on any atom is 0.193 e. The quantitative estimate of drug-likeness (QED) is 0.536. The summed E-state index contributed by atoms with van der Waals surface area (Å²) in [4.78, 5) is 6.97. The number of thioether (sulfide) groups is 1. The van der Waals surface area contributed by atoms with Crippen LogP contribution in [0.4, 0.5) is 0 Å². The van der Waals surface area contributed by atoms with Crippen molar-refractivity contribution in [2.75, 3.05) is 47.2 Å². The zero-order chi connectivity index (χ0) is 18.9. The molecule has 0 aliphatic heterocycles. The largest absolute Gasteiger partial charge is 0.493 e. The minimum atomic E-state index is 0.144. The van der Waals surface area contributed by atoms with Crippen LogP contribution in [0.15, 0.2) is 23.2 Å². The van der Waals surface area contributed by atoms with Gasteiger partial charge in [0.05, 0.1) is 20.8 Å². The van der Waals surface area contributed by atoms with Gasteiger partial charge in [-0.15, -0.1) is 0 Å². The molecule has 0 heterocycles. The molecule has 0 amide bonds. The number of likely N-dealkylation sites (N-methyl/N-ethyl adjacent to an activating group) is 1. The monoisotopic (exact) mass is 367 g/mol. The summed E-state index contributed by atoms with van der Waals surface area (Å²) in [6, 6.07) is 6.07. The number of nitrogens with zero attached hydrogens (tertiary/aromatic N) is 2. The van der Waals surface area contributed by atoms with Crippen molar-refractivity contribution in [2.24, 2.45) is 4.99 Å². The summed E-state index contributed by atoms with van der Waals surface area (Å²) < 4.78 is 10.8. The molecule has 0 bridgehead atoms. The van der Waals surface area contributed by atoms with Crippen LogP contribution >= 0.6 is 11.8 Å². The number of methoxy groups -OCH3 is 2. The maximum atomic E-state index is 5.38. The van der Waals surface area contributed by atoms with Crippen LogP contribution in [-0.4, -0.2) is 62.8 Å². The predicted octanol–water partition coefficient (Wildman–Crippen LogP) is 3.29. The molecule has 0 fully saturated rings. The van der Waals surface area contributed by atoms with Gasteiger partial charge in [0.2, 0.25) is 0 Å². The molecule has 0 atom stereocenters. The Hall–Kier alpha value is -1.56. The first-order valence-electron chi connectivity index (χ1n) is 8.62. The van der Waals surface area contributed by atoms with Crippen molar-refractivity contribution in [3.63, 3.8) is 0 Å². The van der Waals surface area contributed by atoms with Crippen molar-refractivity contribution in [1.82, 2.24) is 10.2 Å². The van der Waals surface area contributed by atoms with Gasteiger partial charge in [-0.25, -0.2) is 0 Å². The second-order valence-corrected chi connectivity index (χ2v) is 8.01. The third-order valence-electron chi connectivity index (χ3n) is 4.04. The third-order valence-corrected chi connectivity index (χ3v) is 5.28. The lowest BCUT2D eigenvalue weighted by molar-refractivity contribution is 0.354. The van der Waals surface area contributed by atoms with Gasteiger partial charge in [0.25, 0.3) is 0 Å². The average molecular weight is 368 g/mol. The number of guanidine groups is 1. The van der Waals surface area contributed by atoms with Crippen molar-refractivity contribution in [2.45, 2.75) is 31.9 Å². The van der Waals surface area contributed by atoms with Crippen LogP contribution < -0.4 is 14.8 Å². The lowest BCUT2D eigenvalue weighted by Gasteiger charge is -2.25. The fourth-order valence-corrected chi connectivity index (χ4v) is 2.43. The van der Waals surface area contributed by atoms with Crippen LogP contribution in [0.2, 0.25) is 0 Å². The number of rotatable bonds is 9.